The molecule has 1 N–H and O–H groups in total. The highest BCUT2D eigenvalue weighted by molar-refractivity contribution is 7.97. The Morgan fingerprint density at radius 2 is 1.82 bits per heavy atom. The number of hydrogen-bond donors (Lipinski definition) is 1. The van der Waals surface area contributed by atoms with E-state index in [9.17, 15) is 0 Å². The van der Waals surface area contributed by atoms with Crippen LogP contribution in [-0.4, -0.2) is 17.4 Å². The zero-order valence-electron chi connectivity index (χ0n) is 13.6. The maximum atomic E-state index is 6.16. The van der Waals surface area contributed by atoms with Crippen LogP contribution >= 0.6 is 11.9 Å². The van der Waals surface area contributed by atoms with Crippen molar-refractivity contribution >= 4 is 23.3 Å². The number of fused-ring (bicyclic) bond motifs is 2. The fourth-order valence-electron chi connectivity index (χ4n) is 2.69. The van der Waals surface area contributed by atoms with E-state index in [-0.39, 0.29) is 0 Å². The van der Waals surface area contributed by atoms with E-state index in [2.05, 4.69) is 67.6 Å². The summed E-state index contributed by atoms with van der Waals surface area (Å²) in [6.07, 6.45) is 0. The fraction of sp³-hybridized carbons (Fsp3) is 0.333. The molecule has 0 bridgehead atoms. The summed E-state index contributed by atoms with van der Waals surface area (Å²) in [6, 6.07) is 10.6. The number of hydrogen-bond acceptors (Lipinski definition) is 4. The lowest BCUT2D eigenvalue weighted by Crippen LogP contribution is -2.13. The molecule has 116 valence electrons. The normalized spacial score (nSPS) is 12.4. The molecule has 0 saturated heterocycles. The summed E-state index contributed by atoms with van der Waals surface area (Å²) >= 11 is 1.78. The summed E-state index contributed by atoms with van der Waals surface area (Å²) in [6.45, 7) is 10.6. The zero-order valence-corrected chi connectivity index (χ0v) is 14.4. The third-order valence-corrected chi connectivity index (χ3v) is 5.03. The van der Waals surface area contributed by atoms with Gasteiger partial charge in [0.1, 0.15) is 0 Å². The predicted octanol–water partition coefficient (Wildman–Crippen LogP) is 5.50. The lowest BCUT2D eigenvalue weighted by atomic mass is 10.1. The van der Waals surface area contributed by atoms with Crippen LogP contribution in [0.2, 0.25) is 0 Å². The maximum absolute atomic E-state index is 6.16. The lowest BCUT2D eigenvalue weighted by molar-refractivity contribution is 0.475. The van der Waals surface area contributed by atoms with Gasteiger partial charge in [-0.05, 0) is 61.2 Å². The Morgan fingerprint density at radius 3 is 2.55 bits per heavy atom. The fourth-order valence-corrected chi connectivity index (χ4v) is 3.53. The van der Waals surface area contributed by atoms with Crippen LogP contribution in [0.25, 0.3) is 0 Å². The molecule has 1 heterocycles. The van der Waals surface area contributed by atoms with E-state index in [4.69, 9.17) is 4.74 Å². The first-order chi connectivity index (χ1) is 10.6. The van der Waals surface area contributed by atoms with Gasteiger partial charge in [0.05, 0.1) is 11.4 Å². The van der Waals surface area contributed by atoms with Crippen molar-refractivity contribution in [2.24, 2.45) is 0 Å². The summed E-state index contributed by atoms with van der Waals surface area (Å²) in [5.41, 5.74) is 4.48. The highest BCUT2D eigenvalue weighted by Gasteiger charge is 2.19. The van der Waals surface area contributed by atoms with Crippen molar-refractivity contribution in [1.29, 1.82) is 0 Å². The first kappa shape index (κ1) is 15.3. The van der Waals surface area contributed by atoms with Crippen molar-refractivity contribution in [3.63, 3.8) is 0 Å². The summed E-state index contributed by atoms with van der Waals surface area (Å²) in [5.74, 6) is 1.83. The Morgan fingerprint density at radius 1 is 1.05 bits per heavy atom. The van der Waals surface area contributed by atoms with Crippen molar-refractivity contribution in [2.45, 2.75) is 32.6 Å². The molecule has 2 aromatic carbocycles. The van der Waals surface area contributed by atoms with E-state index in [1.165, 1.54) is 10.5 Å². The molecule has 3 nitrogen and oxygen atoms in total. The second kappa shape index (κ2) is 6.23. The van der Waals surface area contributed by atoms with Crippen molar-refractivity contribution < 1.29 is 4.74 Å². The Balaban J connectivity index is 1.89. The molecule has 2 aromatic rings. The van der Waals surface area contributed by atoms with Gasteiger partial charge in [0.15, 0.2) is 11.5 Å². The van der Waals surface area contributed by atoms with E-state index < -0.39 is 0 Å². The smallest absolute Gasteiger partial charge is 0.153 e. The topological polar surface area (TPSA) is 24.5 Å². The molecule has 1 aliphatic rings. The van der Waals surface area contributed by atoms with Gasteiger partial charge >= 0.3 is 0 Å². The molecule has 22 heavy (non-hydrogen) atoms. The van der Waals surface area contributed by atoms with E-state index in [0.29, 0.717) is 0 Å². The molecule has 0 unspecified atom stereocenters. The molecule has 0 fully saturated rings. The van der Waals surface area contributed by atoms with Gasteiger partial charge in [-0.25, -0.2) is 4.31 Å². The second-order valence-electron chi connectivity index (χ2n) is 5.55. The molecule has 4 heteroatoms. The van der Waals surface area contributed by atoms with Crippen LogP contribution in [0.3, 0.4) is 0 Å². The van der Waals surface area contributed by atoms with Gasteiger partial charge in [-0.15, -0.1) is 0 Å². The van der Waals surface area contributed by atoms with Gasteiger partial charge in [-0.1, -0.05) is 19.9 Å². The largest absolute Gasteiger partial charge is 0.453 e. The van der Waals surface area contributed by atoms with Crippen LogP contribution in [0.1, 0.15) is 25.0 Å². The summed E-state index contributed by atoms with van der Waals surface area (Å²) in [7, 11) is 0. The molecule has 0 aliphatic carbocycles. The molecule has 0 amide bonds. The number of rotatable bonds is 4. The van der Waals surface area contributed by atoms with Crippen LogP contribution in [0.5, 0.6) is 11.5 Å². The molecule has 0 atom stereocenters. The molecular formula is C18H22N2OS. The number of nitrogens with zero attached hydrogens (tertiary/aromatic N) is 1. The standard InChI is InChI=1S/C18H22N2OS/c1-5-20(6-2)22-14-7-8-15-17(11-14)21-18-13(4)9-12(3)10-16(18)19-15/h7-11,19H,5-6H2,1-4H3. The molecular weight excluding hydrogens is 292 g/mol. The van der Waals surface area contributed by atoms with Crippen molar-refractivity contribution in [3.8, 4) is 11.5 Å². The van der Waals surface area contributed by atoms with E-state index in [1.54, 1.807) is 11.9 Å². The minimum absolute atomic E-state index is 0.900. The second-order valence-corrected chi connectivity index (χ2v) is 6.72. The lowest BCUT2D eigenvalue weighted by Gasteiger charge is -2.25. The van der Waals surface area contributed by atoms with E-state index >= 15 is 0 Å². The van der Waals surface area contributed by atoms with Crippen molar-refractivity contribution in [1.82, 2.24) is 4.31 Å². The Hall–Kier alpha value is -1.65. The maximum Gasteiger partial charge on any atom is 0.153 e. The van der Waals surface area contributed by atoms with Crippen LogP contribution in [0.15, 0.2) is 35.2 Å². The number of anilines is 2. The first-order valence-electron chi connectivity index (χ1n) is 7.73. The number of benzene rings is 2. The van der Waals surface area contributed by atoms with Crippen LogP contribution in [-0.2, 0) is 0 Å². The number of aryl methyl sites for hydroxylation is 2. The molecule has 0 spiro atoms. The molecule has 1 aliphatic heterocycles. The Labute approximate surface area is 136 Å². The molecule has 0 aromatic heterocycles. The Bertz CT molecular complexity index is 696. The van der Waals surface area contributed by atoms with Crippen LogP contribution in [0, 0.1) is 13.8 Å². The molecule has 0 radical (unpaired) electrons. The summed E-state index contributed by atoms with van der Waals surface area (Å²) in [5, 5.41) is 3.48. The average molecular weight is 314 g/mol. The SMILES string of the molecule is CCN(CC)Sc1ccc2c(c1)Oc1c(C)cc(C)cc1N2. The van der Waals surface area contributed by atoms with Crippen molar-refractivity contribution in [2.75, 3.05) is 18.4 Å². The minimum Gasteiger partial charge on any atom is -0.453 e. The summed E-state index contributed by atoms with van der Waals surface area (Å²) < 4.78 is 8.48. The van der Waals surface area contributed by atoms with E-state index in [0.717, 1.165) is 41.5 Å². The number of ether oxygens (including phenoxy) is 1. The third kappa shape index (κ3) is 2.94. The van der Waals surface area contributed by atoms with Gasteiger partial charge in [-0.3, -0.25) is 0 Å². The number of nitrogens with one attached hydrogen (secondary N) is 1. The van der Waals surface area contributed by atoms with Gasteiger partial charge < -0.3 is 10.1 Å². The van der Waals surface area contributed by atoms with Gasteiger partial charge in [0.2, 0.25) is 0 Å². The molecule has 3 rings (SSSR count). The highest BCUT2D eigenvalue weighted by Crippen LogP contribution is 2.45. The molecule has 0 saturated carbocycles. The van der Waals surface area contributed by atoms with Crippen molar-refractivity contribution in [3.05, 3.63) is 41.5 Å². The van der Waals surface area contributed by atoms with Gasteiger partial charge in [0, 0.05) is 18.0 Å². The minimum atomic E-state index is 0.900. The summed E-state index contributed by atoms with van der Waals surface area (Å²) in [4.78, 5) is 1.21. The first-order valence-corrected chi connectivity index (χ1v) is 8.51. The highest BCUT2D eigenvalue weighted by atomic mass is 32.2. The average Bonchev–Trinajstić information content (AvgIpc) is 2.51. The van der Waals surface area contributed by atoms with Gasteiger partial charge in [-0.2, -0.15) is 0 Å². The quantitative estimate of drug-likeness (QED) is 0.642. The van der Waals surface area contributed by atoms with Crippen LogP contribution < -0.4 is 10.1 Å². The Kier molecular flexibility index (Phi) is 4.32. The monoisotopic (exact) mass is 314 g/mol. The third-order valence-electron chi connectivity index (χ3n) is 3.79. The van der Waals surface area contributed by atoms with Crippen LogP contribution in [0.4, 0.5) is 11.4 Å². The predicted molar refractivity (Wildman–Crippen MR) is 94.5 cm³/mol. The zero-order chi connectivity index (χ0) is 15.7. The van der Waals surface area contributed by atoms with Gasteiger partial charge in [0.25, 0.3) is 0 Å². The van der Waals surface area contributed by atoms with E-state index in [1.807, 2.05) is 0 Å².